The van der Waals surface area contributed by atoms with Crippen molar-refractivity contribution in [2.45, 2.75) is 115 Å². The molecule has 2 aromatic rings. The van der Waals surface area contributed by atoms with Crippen molar-refractivity contribution in [2.24, 2.45) is 0 Å². The van der Waals surface area contributed by atoms with E-state index in [1.165, 1.54) is 17.4 Å². The van der Waals surface area contributed by atoms with Crippen molar-refractivity contribution in [3.8, 4) is 10.4 Å². The van der Waals surface area contributed by atoms with E-state index >= 15 is 0 Å². The number of ether oxygens (including phenoxy) is 2. The summed E-state index contributed by atoms with van der Waals surface area (Å²) in [5.74, 6) is 0.219. The van der Waals surface area contributed by atoms with Gasteiger partial charge in [-0.3, -0.25) is 5.32 Å². The molecule has 12 heteroatoms. The summed E-state index contributed by atoms with van der Waals surface area (Å²) in [5.41, 5.74) is -0.433. The predicted molar refractivity (Wildman–Crippen MR) is 162 cm³/mol. The average molecular weight is 609 g/mol. The van der Waals surface area contributed by atoms with Crippen LogP contribution in [0, 0.1) is 0 Å². The molecule has 1 aliphatic carbocycles. The summed E-state index contributed by atoms with van der Waals surface area (Å²) in [7, 11) is -2.16. The molecule has 0 saturated heterocycles. The lowest BCUT2D eigenvalue weighted by molar-refractivity contribution is 0.0183. The number of nitrogens with one attached hydrogen (secondary N) is 2. The first-order valence-electron chi connectivity index (χ1n) is 13.9. The molecule has 0 spiro atoms. The van der Waals surface area contributed by atoms with Gasteiger partial charge in [-0.2, -0.15) is 0 Å². The Bertz CT molecular complexity index is 1330. The van der Waals surface area contributed by atoms with Gasteiger partial charge in [0.1, 0.15) is 5.60 Å². The number of carbonyl (C=O) groups excluding carboxylic acids is 2. The Kier molecular flexibility index (Phi) is 10.1. The Balaban J connectivity index is 1.82. The minimum atomic E-state index is -3.94. The summed E-state index contributed by atoms with van der Waals surface area (Å²) in [6.45, 7) is 14.4. The zero-order chi connectivity index (χ0) is 30.8. The molecule has 41 heavy (non-hydrogen) atoms. The van der Waals surface area contributed by atoms with Crippen molar-refractivity contribution in [1.29, 1.82) is 0 Å². The Labute approximate surface area is 248 Å². The maximum atomic E-state index is 13.5. The monoisotopic (exact) mass is 608 g/mol. The van der Waals surface area contributed by atoms with Crippen molar-refractivity contribution in [3.63, 3.8) is 0 Å². The van der Waals surface area contributed by atoms with E-state index in [1.807, 2.05) is 20.8 Å². The first-order chi connectivity index (χ1) is 18.8. The van der Waals surface area contributed by atoms with Gasteiger partial charge in [0.25, 0.3) is 0 Å². The number of anilines is 1. The van der Waals surface area contributed by atoms with Gasteiger partial charge in [-0.1, -0.05) is 6.07 Å². The zero-order valence-electron chi connectivity index (χ0n) is 25.5. The third-order valence-electron chi connectivity index (χ3n) is 6.36. The van der Waals surface area contributed by atoms with Gasteiger partial charge < -0.3 is 14.4 Å². The maximum Gasteiger partial charge on any atom is 0.411 e. The van der Waals surface area contributed by atoms with Crippen LogP contribution in [0.25, 0.3) is 10.4 Å². The zero-order valence-corrected chi connectivity index (χ0v) is 27.2. The molecule has 0 bridgehead atoms. The first-order valence-corrected chi connectivity index (χ1v) is 16.2. The Morgan fingerprint density at radius 2 is 1.71 bits per heavy atom. The lowest BCUT2D eigenvalue weighted by Gasteiger charge is -2.35. The van der Waals surface area contributed by atoms with Gasteiger partial charge in [-0.05, 0) is 93.2 Å². The van der Waals surface area contributed by atoms with E-state index in [2.05, 4.69) is 15.0 Å². The minimum absolute atomic E-state index is 0.0488. The molecule has 1 aliphatic rings. The Hall–Kier alpha value is -2.70. The Morgan fingerprint density at radius 1 is 1.07 bits per heavy atom. The normalized spacial score (nSPS) is 18.2. The number of thiazole rings is 1. The molecule has 3 rings (SSSR count). The molecule has 0 atom stereocenters. The molecule has 0 unspecified atom stereocenters. The van der Waals surface area contributed by atoms with Crippen LogP contribution in [0.3, 0.4) is 0 Å². The van der Waals surface area contributed by atoms with Crippen molar-refractivity contribution in [1.82, 2.24) is 14.6 Å². The lowest BCUT2D eigenvalue weighted by atomic mass is 9.86. The molecule has 1 aromatic heterocycles. The number of aromatic nitrogens is 1. The molecule has 2 N–H and O–H groups in total. The standard InChI is InChI=1S/C29H44N4O6S2/c1-18(2)38-26(34)31-20-12-15-22(24(16-20)41(36,37)32-28(3,4)5)23-17-30-25(40-23)19-10-13-21(14-11-19)33(9)27(35)39-29(6,7)8/h12,15-19,21,32H,10-11,13-14H2,1-9H3,(H,31,34). The highest BCUT2D eigenvalue weighted by Gasteiger charge is 2.32. The van der Waals surface area contributed by atoms with E-state index in [0.717, 1.165) is 35.6 Å². The number of hydrogen-bond acceptors (Lipinski definition) is 8. The van der Waals surface area contributed by atoms with Crippen molar-refractivity contribution >= 4 is 39.2 Å². The van der Waals surface area contributed by atoms with Gasteiger partial charge in [0.15, 0.2) is 0 Å². The van der Waals surface area contributed by atoms with Crippen LogP contribution in [0.15, 0.2) is 29.3 Å². The van der Waals surface area contributed by atoms with E-state index in [-0.39, 0.29) is 29.1 Å². The summed E-state index contributed by atoms with van der Waals surface area (Å²) in [6.07, 6.45) is 3.81. The first kappa shape index (κ1) is 32.8. The van der Waals surface area contributed by atoms with Crippen LogP contribution in [0.5, 0.6) is 0 Å². The number of hydrogen-bond donors (Lipinski definition) is 2. The summed E-state index contributed by atoms with van der Waals surface area (Å²) < 4.78 is 40.4. The number of carbonyl (C=O) groups is 2. The van der Waals surface area contributed by atoms with Gasteiger partial charge in [-0.15, -0.1) is 11.3 Å². The largest absolute Gasteiger partial charge is 0.447 e. The van der Waals surface area contributed by atoms with Crippen LogP contribution in [0.4, 0.5) is 15.3 Å². The van der Waals surface area contributed by atoms with Crippen LogP contribution >= 0.6 is 11.3 Å². The van der Waals surface area contributed by atoms with Crippen LogP contribution in [0.2, 0.25) is 0 Å². The van der Waals surface area contributed by atoms with Crippen molar-refractivity contribution in [3.05, 3.63) is 29.4 Å². The molecule has 2 amide bonds. The predicted octanol–water partition coefficient (Wildman–Crippen LogP) is 6.74. The van der Waals surface area contributed by atoms with Crippen molar-refractivity contribution in [2.75, 3.05) is 12.4 Å². The molecule has 1 heterocycles. The summed E-state index contributed by atoms with van der Waals surface area (Å²) in [4.78, 5) is 31.8. The average Bonchev–Trinajstić information content (AvgIpc) is 3.31. The number of amides is 2. The van der Waals surface area contributed by atoms with Crippen molar-refractivity contribution < 1.29 is 27.5 Å². The highest BCUT2D eigenvalue weighted by molar-refractivity contribution is 7.89. The second-order valence-corrected chi connectivity index (χ2v) is 15.5. The fourth-order valence-electron chi connectivity index (χ4n) is 4.64. The van der Waals surface area contributed by atoms with E-state index in [4.69, 9.17) is 9.47 Å². The highest BCUT2D eigenvalue weighted by atomic mass is 32.2. The van der Waals surface area contributed by atoms with E-state index in [0.29, 0.717) is 11.3 Å². The van der Waals surface area contributed by atoms with Gasteiger partial charge in [0.2, 0.25) is 10.0 Å². The molecule has 1 aromatic carbocycles. The number of nitrogens with zero attached hydrogens (tertiary/aromatic N) is 2. The molecular formula is C29H44N4O6S2. The van der Waals surface area contributed by atoms with Crippen LogP contribution in [0.1, 0.15) is 92.0 Å². The lowest BCUT2D eigenvalue weighted by Crippen LogP contribution is -2.42. The SMILES string of the molecule is CC(C)OC(=O)Nc1ccc(-c2cnc(C3CCC(N(C)C(=O)OC(C)(C)C)CC3)s2)c(S(=O)(=O)NC(C)(C)C)c1. The minimum Gasteiger partial charge on any atom is -0.447 e. The quantitative estimate of drug-likeness (QED) is 0.356. The van der Waals surface area contributed by atoms with E-state index < -0.39 is 27.3 Å². The number of sulfonamides is 1. The third-order valence-corrected chi connectivity index (χ3v) is 9.36. The second-order valence-electron chi connectivity index (χ2n) is 12.8. The number of rotatable bonds is 7. The molecular weight excluding hydrogens is 564 g/mol. The van der Waals surface area contributed by atoms with E-state index in [1.54, 1.807) is 64.9 Å². The molecule has 0 aliphatic heterocycles. The van der Waals surface area contributed by atoms with Gasteiger partial charge in [0.05, 0.1) is 20.9 Å². The molecule has 10 nitrogen and oxygen atoms in total. The van der Waals surface area contributed by atoms with Crippen LogP contribution in [-0.4, -0.2) is 60.8 Å². The fourth-order valence-corrected chi connectivity index (χ4v) is 7.50. The molecule has 228 valence electrons. The smallest absolute Gasteiger partial charge is 0.411 e. The molecule has 0 radical (unpaired) electrons. The van der Waals surface area contributed by atoms with E-state index in [9.17, 15) is 18.0 Å². The third kappa shape index (κ3) is 9.40. The number of benzene rings is 1. The second kappa shape index (κ2) is 12.7. The summed E-state index contributed by atoms with van der Waals surface area (Å²) in [5, 5.41) is 3.55. The maximum absolute atomic E-state index is 13.5. The molecule has 1 saturated carbocycles. The highest BCUT2D eigenvalue weighted by Crippen LogP contribution is 2.40. The topological polar surface area (TPSA) is 127 Å². The summed E-state index contributed by atoms with van der Waals surface area (Å²) in [6, 6.07) is 4.89. The van der Waals surface area contributed by atoms with Gasteiger partial charge >= 0.3 is 12.2 Å². The fraction of sp³-hybridized carbons (Fsp3) is 0.621. The van der Waals surface area contributed by atoms with Gasteiger partial charge in [-0.25, -0.2) is 27.7 Å². The van der Waals surface area contributed by atoms with Crippen LogP contribution < -0.4 is 10.0 Å². The van der Waals surface area contributed by atoms with Gasteiger partial charge in [0, 0.05) is 42.0 Å². The van der Waals surface area contributed by atoms with Crippen LogP contribution in [-0.2, 0) is 19.5 Å². The molecule has 1 fully saturated rings. The summed E-state index contributed by atoms with van der Waals surface area (Å²) >= 11 is 1.47. The Morgan fingerprint density at radius 3 is 2.27 bits per heavy atom.